The predicted molar refractivity (Wildman–Crippen MR) is 177 cm³/mol. The fraction of sp³-hybridized carbons (Fsp3) is 0.278. The molecule has 10 nitrogen and oxygen atoms in total. The lowest BCUT2D eigenvalue weighted by molar-refractivity contribution is 0.107. The van der Waals surface area contributed by atoms with Crippen molar-refractivity contribution >= 4 is 38.5 Å². The zero-order chi connectivity index (χ0) is 33.2. The molecule has 2 aliphatic rings. The second kappa shape index (κ2) is 11.3. The van der Waals surface area contributed by atoms with Gasteiger partial charge in [-0.05, 0) is 67.6 Å². The number of nitrogens with one attached hydrogen (secondary N) is 2. The zero-order valence-electron chi connectivity index (χ0n) is 25.9. The number of alkyl halides is 1. The van der Waals surface area contributed by atoms with Crippen molar-refractivity contribution in [3.05, 3.63) is 81.7 Å². The van der Waals surface area contributed by atoms with E-state index in [9.17, 15) is 18.7 Å². The van der Waals surface area contributed by atoms with Crippen molar-refractivity contribution in [3.63, 3.8) is 0 Å². The Morgan fingerprint density at radius 1 is 1.27 bits per heavy atom. The average Bonchev–Trinajstić information content (AvgIpc) is 3.76. The Morgan fingerprint density at radius 3 is 3.00 bits per heavy atom. The van der Waals surface area contributed by atoms with Crippen LogP contribution in [0.4, 0.5) is 14.6 Å². The summed E-state index contributed by atoms with van der Waals surface area (Å²) in [6.07, 6.45) is 10.4. The van der Waals surface area contributed by atoms with E-state index in [1.807, 2.05) is 18.3 Å². The number of rotatable bonds is 7. The van der Waals surface area contributed by atoms with Crippen molar-refractivity contribution < 1.29 is 23.0 Å². The van der Waals surface area contributed by atoms with Gasteiger partial charge >= 0.3 is 11.6 Å². The van der Waals surface area contributed by atoms with Gasteiger partial charge in [-0.15, -0.1) is 6.42 Å². The number of hydrogen-bond acceptors (Lipinski definition) is 9. The van der Waals surface area contributed by atoms with Crippen LogP contribution in [-0.2, 0) is 6.54 Å². The first-order valence-electron chi connectivity index (χ1n) is 15.7. The van der Waals surface area contributed by atoms with Crippen molar-refractivity contribution in [2.24, 2.45) is 0 Å². The number of nitrogens with zero attached hydrogens (tertiary/aromatic N) is 4. The van der Waals surface area contributed by atoms with Crippen LogP contribution in [0.5, 0.6) is 11.8 Å². The molecule has 2 atom stereocenters. The molecule has 0 bridgehead atoms. The Hall–Kier alpha value is -5.54. The molecule has 0 unspecified atom stereocenters. The number of aromatic hydroxyl groups is 1. The molecule has 48 heavy (non-hydrogen) atoms. The van der Waals surface area contributed by atoms with Crippen LogP contribution in [0.2, 0.25) is 0 Å². The molecule has 8 rings (SSSR count). The second-order valence-corrected chi connectivity index (χ2v) is 12.5. The summed E-state index contributed by atoms with van der Waals surface area (Å²) in [6.45, 7) is 3.34. The van der Waals surface area contributed by atoms with E-state index in [0.29, 0.717) is 29.3 Å². The van der Waals surface area contributed by atoms with E-state index in [-0.39, 0.29) is 58.5 Å². The Morgan fingerprint density at radius 2 is 2.15 bits per heavy atom. The monoisotopic (exact) mass is 648 g/mol. The standard InChI is InChI=1S/C36H30F2N6O4/c1-3-24-27(38)8-7-20-12-23(45)13-26(28(20)24)31-19(2)30-29(34(46)48-31)33(41-16-21-15-40-32-25(21)6-4-10-39-32)43-35(42-30)47-18-36-9-5-11-44(36)17-22(37)14-36/h1,4,6-8,10,12-13,15,22,45H,5,9,11,14,16-18H2,2H3,(H,39,40)(H,41,42,43)/t22-,36+/m1/s1. The van der Waals surface area contributed by atoms with Crippen LogP contribution in [0.1, 0.15) is 36.0 Å². The minimum atomic E-state index is -0.932. The molecule has 2 aliphatic heterocycles. The van der Waals surface area contributed by atoms with Crippen molar-refractivity contribution in [2.45, 2.75) is 44.4 Å². The number of H-pyrrole nitrogens is 1. The third kappa shape index (κ3) is 4.81. The molecular weight excluding hydrogens is 618 g/mol. The summed E-state index contributed by atoms with van der Waals surface area (Å²) < 4.78 is 41.6. The summed E-state index contributed by atoms with van der Waals surface area (Å²) >= 11 is 0. The number of aromatic nitrogens is 4. The molecule has 4 aromatic heterocycles. The first-order chi connectivity index (χ1) is 23.2. The van der Waals surface area contributed by atoms with E-state index in [1.54, 1.807) is 13.1 Å². The van der Waals surface area contributed by atoms with Crippen LogP contribution in [-0.4, -0.2) is 61.3 Å². The number of ether oxygens (including phenoxy) is 1. The minimum absolute atomic E-state index is 0.00454. The van der Waals surface area contributed by atoms with E-state index < -0.39 is 23.2 Å². The molecule has 3 N–H and O–H groups in total. The molecule has 0 spiro atoms. The van der Waals surface area contributed by atoms with Crippen molar-refractivity contribution in [2.75, 3.05) is 25.0 Å². The number of terminal acetylenes is 1. The van der Waals surface area contributed by atoms with E-state index in [4.69, 9.17) is 20.6 Å². The molecular formula is C36H30F2N6O4. The third-order valence-corrected chi connectivity index (χ3v) is 9.64. The van der Waals surface area contributed by atoms with Gasteiger partial charge in [-0.3, -0.25) is 4.90 Å². The average molecular weight is 649 g/mol. The fourth-order valence-corrected chi connectivity index (χ4v) is 7.41. The molecule has 6 heterocycles. The van der Waals surface area contributed by atoms with Crippen LogP contribution in [0.3, 0.4) is 0 Å². The summed E-state index contributed by atoms with van der Waals surface area (Å²) in [5.41, 5.74) is 1.25. The third-order valence-electron chi connectivity index (χ3n) is 9.64. The Balaban J connectivity index is 1.28. The highest BCUT2D eigenvalue weighted by Crippen LogP contribution is 2.41. The van der Waals surface area contributed by atoms with Crippen LogP contribution in [0, 0.1) is 25.1 Å². The molecule has 12 heteroatoms. The topological polar surface area (TPSA) is 129 Å². The Labute approximate surface area is 272 Å². The van der Waals surface area contributed by atoms with Crippen molar-refractivity contribution in [1.29, 1.82) is 0 Å². The molecule has 0 amide bonds. The highest BCUT2D eigenvalue weighted by atomic mass is 19.1. The first-order valence-corrected chi connectivity index (χ1v) is 15.7. The van der Waals surface area contributed by atoms with Gasteiger partial charge in [0.05, 0.1) is 16.6 Å². The second-order valence-electron chi connectivity index (χ2n) is 12.5. The largest absolute Gasteiger partial charge is 0.508 e. The number of anilines is 1. The number of benzene rings is 2. The lowest BCUT2D eigenvalue weighted by Crippen LogP contribution is -2.43. The lowest BCUT2D eigenvalue weighted by Gasteiger charge is -2.30. The Bertz CT molecular complexity index is 2370. The number of pyridine rings is 1. The van der Waals surface area contributed by atoms with E-state index in [2.05, 4.69) is 31.1 Å². The normalized spacial score (nSPS) is 19.2. The van der Waals surface area contributed by atoms with E-state index >= 15 is 0 Å². The maximum Gasteiger partial charge on any atom is 0.349 e. The summed E-state index contributed by atoms with van der Waals surface area (Å²) in [5.74, 6) is 1.89. The Kier molecular flexibility index (Phi) is 7.03. The zero-order valence-corrected chi connectivity index (χ0v) is 25.9. The van der Waals surface area contributed by atoms with Crippen molar-refractivity contribution in [1.82, 2.24) is 24.8 Å². The van der Waals surface area contributed by atoms with Gasteiger partial charge in [-0.25, -0.2) is 18.6 Å². The number of aromatic amines is 1. The van der Waals surface area contributed by atoms with Crippen LogP contribution in [0.15, 0.2) is 58.0 Å². The summed E-state index contributed by atoms with van der Waals surface area (Å²) in [6, 6.07) is 9.34. The number of fused-ring (bicyclic) bond motifs is 4. The molecule has 2 aromatic carbocycles. The lowest BCUT2D eigenvalue weighted by atomic mass is 9.95. The van der Waals surface area contributed by atoms with Gasteiger partial charge in [0.1, 0.15) is 47.0 Å². The number of phenols is 1. The maximum absolute atomic E-state index is 14.9. The first kappa shape index (κ1) is 29.8. The molecule has 0 saturated carbocycles. The van der Waals surface area contributed by atoms with Gasteiger partial charge in [-0.1, -0.05) is 12.0 Å². The molecule has 2 saturated heterocycles. The van der Waals surface area contributed by atoms with Crippen LogP contribution in [0.25, 0.3) is 44.0 Å². The van der Waals surface area contributed by atoms with Gasteiger partial charge in [0.25, 0.3) is 0 Å². The molecule has 6 aromatic rings. The highest BCUT2D eigenvalue weighted by Gasteiger charge is 2.49. The van der Waals surface area contributed by atoms with E-state index in [0.717, 1.165) is 36.0 Å². The number of hydrogen-bond donors (Lipinski definition) is 3. The van der Waals surface area contributed by atoms with Gasteiger partial charge in [-0.2, -0.15) is 9.97 Å². The summed E-state index contributed by atoms with van der Waals surface area (Å²) in [4.78, 5) is 32.8. The number of phenolic OH excluding ortho intramolecular Hbond substituents is 1. The van der Waals surface area contributed by atoms with Crippen LogP contribution >= 0.6 is 0 Å². The number of halogens is 2. The molecule has 242 valence electrons. The molecule has 0 aliphatic carbocycles. The molecule has 2 fully saturated rings. The predicted octanol–water partition coefficient (Wildman–Crippen LogP) is 5.98. The van der Waals surface area contributed by atoms with Crippen molar-refractivity contribution in [3.8, 4) is 35.4 Å². The summed E-state index contributed by atoms with van der Waals surface area (Å²) in [5, 5.41) is 15.6. The quantitative estimate of drug-likeness (QED) is 0.179. The SMILES string of the molecule is C#Cc1c(F)ccc2cc(O)cc(-c3oc(=O)c4c(NCc5c[nH]c6ncccc56)nc(OC[C@@]56CCCN5C[C@H](F)C6)nc4c3C)c12. The highest BCUT2D eigenvalue weighted by molar-refractivity contribution is 6.03. The molecule has 0 radical (unpaired) electrons. The van der Waals surface area contributed by atoms with Gasteiger partial charge < -0.3 is 24.6 Å². The van der Waals surface area contributed by atoms with Gasteiger partial charge in [0, 0.05) is 53.8 Å². The maximum atomic E-state index is 14.9. The van der Waals surface area contributed by atoms with Crippen LogP contribution < -0.4 is 15.7 Å². The number of aryl methyl sites for hydroxylation is 1. The smallest absolute Gasteiger partial charge is 0.349 e. The van der Waals surface area contributed by atoms with Gasteiger partial charge in [0.2, 0.25) is 0 Å². The summed E-state index contributed by atoms with van der Waals surface area (Å²) in [7, 11) is 0. The van der Waals surface area contributed by atoms with Gasteiger partial charge in [0.15, 0.2) is 0 Å². The minimum Gasteiger partial charge on any atom is -0.508 e. The van der Waals surface area contributed by atoms with E-state index in [1.165, 1.54) is 24.3 Å². The fourth-order valence-electron chi connectivity index (χ4n) is 7.41.